The fraction of sp³-hybridized carbons (Fsp3) is 0.269. The molecule has 0 fully saturated rings. The van der Waals surface area contributed by atoms with E-state index in [-0.39, 0.29) is 5.75 Å². The standard InChI is InChI=1S/C26H28N6O2S/c1-5-32-23(30-31-25(32)35-16-22(33)28-24(34)29-26(2,3)4)19-15-21(17-11-7-6-8-12-17)27-20-14-10-9-13-18(19)20/h6-15H,5,16H2,1-4H3,(H2,28,29,33,34). The first-order chi connectivity index (χ1) is 16.7. The van der Waals surface area contributed by atoms with Gasteiger partial charge in [-0.1, -0.05) is 60.3 Å². The van der Waals surface area contributed by atoms with E-state index in [4.69, 9.17) is 4.98 Å². The molecule has 2 heterocycles. The van der Waals surface area contributed by atoms with Crippen LogP contribution in [0.1, 0.15) is 27.7 Å². The van der Waals surface area contributed by atoms with Crippen LogP contribution in [0, 0.1) is 0 Å². The summed E-state index contributed by atoms with van der Waals surface area (Å²) in [6.07, 6.45) is 0. The van der Waals surface area contributed by atoms with E-state index in [1.54, 1.807) is 0 Å². The lowest BCUT2D eigenvalue weighted by molar-refractivity contribution is -0.117. The van der Waals surface area contributed by atoms with Crippen molar-refractivity contribution in [2.45, 2.75) is 44.9 Å². The number of nitrogens with zero attached hydrogens (tertiary/aromatic N) is 4. The number of amides is 3. The van der Waals surface area contributed by atoms with Gasteiger partial charge in [0.2, 0.25) is 5.91 Å². The lowest BCUT2D eigenvalue weighted by Crippen LogP contribution is -2.48. The van der Waals surface area contributed by atoms with Gasteiger partial charge in [-0.3, -0.25) is 10.1 Å². The second-order valence-electron chi connectivity index (χ2n) is 9.03. The third-order valence-electron chi connectivity index (χ3n) is 5.13. The number of rotatable bonds is 6. The van der Waals surface area contributed by atoms with Crippen LogP contribution >= 0.6 is 11.8 Å². The number of fused-ring (bicyclic) bond motifs is 1. The Morgan fingerprint density at radius 3 is 2.43 bits per heavy atom. The molecule has 2 N–H and O–H groups in total. The van der Waals surface area contributed by atoms with Crippen LogP contribution in [-0.2, 0) is 11.3 Å². The van der Waals surface area contributed by atoms with Crippen molar-refractivity contribution in [3.05, 3.63) is 60.7 Å². The lowest BCUT2D eigenvalue weighted by Gasteiger charge is -2.20. The highest BCUT2D eigenvalue weighted by Crippen LogP contribution is 2.32. The fourth-order valence-corrected chi connectivity index (χ4v) is 4.46. The number of carbonyl (C=O) groups excluding carboxylic acids is 2. The fourth-order valence-electron chi connectivity index (χ4n) is 3.66. The minimum atomic E-state index is -0.516. The van der Waals surface area contributed by atoms with E-state index < -0.39 is 17.5 Å². The molecule has 2 aromatic carbocycles. The smallest absolute Gasteiger partial charge is 0.321 e. The largest absolute Gasteiger partial charge is 0.333 e. The molecule has 0 aliphatic carbocycles. The Morgan fingerprint density at radius 1 is 1.00 bits per heavy atom. The molecular weight excluding hydrogens is 460 g/mol. The summed E-state index contributed by atoms with van der Waals surface area (Å²) in [4.78, 5) is 29.1. The predicted octanol–water partition coefficient (Wildman–Crippen LogP) is 4.90. The van der Waals surface area contributed by atoms with Crippen molar-refractivity contribution in [2.24, 2.45) is 0 Å². The van der Waals surface area contributed by atoms with Crippen LogP contribution in [0.3, 0.4) is 0 Å². The molecule has 9 heteroatoms. The van der Waals surface area contributed by atoms with Gasteiger partial charge in [-0.15, -0.1) is 10.2 Å². The van der Waals surface area contributed by atoms with Gasteiger partial charge < -0.3 is 9.88 Å². The number of urea groups is 1. The molecule has 0 aliphatic rings. The molecular formula is C26H28N6O2S. The molecule has 0 radical (unpaired) electrons. The van der Waals surface area contributed by atoms with Crippen LogP contribution in [0.15, 0.2) is 65.8 Å². The first-order valence-electron chi connectivity index (χ1n) is 11.4. The van der Waals surface area contributed by atoms with Crippen molar-refractivity contribution in [3.63, 3.8) is 0 Å². The average molecular weight is 489 g/mol. The van der Waals surface area contributed by atoms with E-state index in [0.29, 0.717) is 17.5 Å². The summed E-state index contributed by atoms with van der Waals surface area (Å²) in [6, 6.07) is 19.5. The van der Waals surface area contributed by atoms with Crippen molar-refractivity contribution in [1.29, 1.82) is 0 Å². The Morgan fingerprint density at radius 2 is 1.71 bits per heavy atom. The van der Waals surface area contributed by atoms with E-state index in [0.717, 1.165) is 27.7 Å². The first-order valence-corrected chi connectivity index (χ1v) is 12.4. The summed E-state index contributed by atoms with van der Waals surface area (Å²) in [6.45, 7) is 8.18. The Labute approximate surface area is 208 Å². The quantitative estimate of drug-likeness (QED) is 0.375. The Kier molecular flexibility index (Phi) is 7.16. The Hall–Kier alpha value is -3.72. The number of para-hydroxylation sites is 1. The number of carbonyl (C=O) groups is 2. The van der Waals surface area contributed by atoms with E-state index >= 15 is 0 Å². The van der Waals surface area contributed by atoms with E-state index in [2.05, 4.69) is 20.8 Å². The van der Waals surface area contributed by atoms with Crippen LogP contribution in [0.5, 0.6) is 0 Å². The molecule has 0 saturated heterocycles. The average Bonchev–Trinajstić information content (AvgIpc) is 3.24. The second-order valence-corrected chi connectivity index (χ2v) is 9.97. The third kappa shape index (κ3) is 5.86. The SMILES string of the molecule is CCn1c(SCC(=O)NC(=O)NC(C)(C)C)nnc1-c1cc(-c2ccccc2)nc2ccccc12. The summed E-state index contributed by atoms with van der Waals surface area (Å²) in [5, 5.41) is 15.5. The number of thioether (sulfide) groups is 1. The molecule has 4 aromatic rings. The van der Waals surface area contributed by atoms with Gasteiger partial charge in [0, 0.05) is 28.6 Å². The zero-order valence-corrected chi connectivity index (χ0v) is 21.0. The number of imide groups is 1. The van der Waals surface area contributed by atoms with Crippen molar-refractivity contribution in [1.82, 2.24) is 30.4 Å². The van der Waals surface area contributed by atoms with Crippen LogP contribution in [0.4, 0.5) is 4.79 Å². The topological polar surface area (TPSA) is 102 Å². The van der Waals surface area contributed by atoms with Crippen molar-refractivity contribution >= 4 is 34.6 Å². The van der Waals surface area contributed by atoms with Gasteiger partial charge in [0.15, 0.2) is 11.0 Å². The van der Waals surface area contributed by atoms with Crippen LogP contribution in [0.25, 0.3) is 33.5 Å². The van der Waals surface area contributed by atoms with Crippen molar-refractivity contribution < 1.29 is 9.59 Å². The maximum absolute atomic E-state index is 12.3. The Balaban J connectivity index is 1.62. The highest BCUT2D eigenvalue weighted by molar-refractivity contribution is 7.99. The normalized spacial score (nSPS) is 11.4. The van der Waals surface area contributed by atoms with Crippen LogP contribution in [0.2, 0.25) is 0 Å². The summed E-state index contributed by atoms with van der Waals surface area (Å²) in [7, 11) is 0. The van der Waals surface area contributed by atoms with Gasteiger partial charge in [0.1, 0.15) is 0 Å². The number of aromatic nitrogens is 4. The number of nitrogens with one attached hydrogen (secondary N) is 2. The molecule has 0 atom stereocenters. The zero-order chi connectivity index (χ0) is 25.0. The number of pyridine rings is 1. The zero-order valence-electron chi connectivity index (χ0n) is 20.2. The van der Waals surface area contributed by atoms with Crippen molar-refractivity contribution in [2.75, 3.05) is 5.75 Å². The van der Waals surface area contributed by atoms with Gasteiger partial charge >= 0.3 is 6.03 Å². The summed E-state index contributed by atoms with van der Waals surface area (Å²) in [5.74, 6) is 0.351. The molecule has 0 saturated carbocycles. The molecule has 0 unspecified atom stereocenters. The molecule has 3 amide bonds. The van der Waals surface area contributed by atoms with Gasteiger partial charge in [-0.05, 0) is 39.8 Å². The van der Waals surface area contributed by atoms with Gasteiger partial charge in [-0.2, -0.15) is 0 Å². The maximum atomic E-state index is 12.3. The minimum absolute atomic E-state index is 0.0437. The van der Waals surface area contributed by atoms with Gasteiger partial charge in [0.25, 0.3) is 0 Å². The molecule has 35 heavy (non-hydrogen) atoms. The summed E-state index contributed by atoms with van der Waals surface area (Å²) < 4.78 is 1.98. The molecule has 0 bridgehead atoms. The predicted molar refractivity (Wildman–Crippen MR) is 139 cm³/mol. The molecule has 2 aromatic heterocycles. The molecule has 0 aliphatic heterocycles. The summed E-state index contributed by atoms with van der Waals surface area (Å²) in [5.41, 5.74) is 3.23. The van der Waals surface area contributed by atoms with Gasteiger partial charge in [0.05, 0.1) is 17.0 Å². The lowest BCUT2D eigenvalue weighted by atomic mass is 10.0. The molecule has 4 rings (SSSR count). The van der Waals surface area contributed by atoms with Crippen molar-refractivity contribution in [3.8, 4) is 22.6 Å². The second kappa shape index (κ2) is 10.3. The molecule has 180 valence electrons. The highest BCUT2D eigenvalue weighted by atomic mass is 32.2. The number of hydrogen-bond donors (Lipinski definition) is 2. The molecule has 8 nitrogen and oxygen atoms in total. The Bertz CT molecular complexity index is 1360. The monoisotopic (exact) mass is 488 g/mol. The van der Waals surface area contributed by atoms with Gasteiger partial charge in [-0.25, -0.2) is 9.78 Å². The number of hydrogen-bond acceptors (Lipinski definition) is 6. The number of benzene rings is 2. The maximum Gasteiger partial charge on any atom is 0.321 e. The summed E-state index contributed by atoms with van der Waals surface area (Å²) >= 11 is 1.24. The third-order valence-corrected chi connectivity index (χ3v) is 6.10. The van der Waals surface area contributed by atoms with Crippen LogP contribution < -0.4 is 10.6 Å². The molecule has 0 spiro atoms. The van der Waals surface area contributed by atoms with Crippen LogP contribution in [-0.4, -0.2) is 43.0 Å². The van der Waals surface area contributed by atoms with E-state index in [1.807, 2.05) is 92.9 Å². The van der Waals surface area contributed by atoms with E-state index in [9.17, 15) is 9.59 Å². The minimum Gasteiger partial charge on any atom is -0.333 e. The first kappa shape index (κ1) is 24.4. The van der Waals surface area contributed by atoms with E-state index in [1.165, 1.54) is 11.8 Å². The highest BCUT2D eigenvalue weighted by Gasteiger charge is 2.20.